The van der Waals surface area contributed by atoms with E-state index in [-0.39, 0.29) is 5.84 Å². The van der Waals surface area contributed by atoms with Crippen LogP contribution in [0.5, 0.6) is 0 Å². The van der Waals surface area contributed by atoms with Gasteiger partial charge in [0.2, 0.25) is 0 Å². The normalized spacial score (nSPS) is 11.4. The van der Waals surface area contributed by atoms with Crippen molar-refractivity contribution in [3.8, 4) is 0 Å². The smallest absolute Gasteiger partial charge is 0.173 e. The van der Waals surface area contributed by atoms with Gasteiger partial charge in [-0.15, -0.1) is 0 Å². The first-order valence-corrected chi connectivity index (χ1v) is 6.43. The number of pyridine rings is 1. The number of aryl methyl sites for hydroxylation is 1. The molecule has 0 bridgehead atoms. The maximum absolute atomic E-state index is 8.85. The molecule has 1 aromatic carbocycles. The average molecular weight is 270 g/mol. The molecular formula is C15H18N4O. The van der Waals surface area contributed by atoms with E-state index in [0.717, 1.165) is 12.1 Å². The van der Waals surface area contributed by atoms with E-state index in [1.54, 1.807) is 18.3 Å². The van der Waals surface area contributed by atoms with Gasteiger partial charge in [0.05, 0.1) is 5.56 Å². The van der Waals surface area contributed by atoms with Crippen LogP contribution in [-0.2, 0) is 6.42 Å². The summed E-state index contributed by atoms with van der Waals surface area (Å²) in [5, 5.41) is 11.9. The molecule has 0 aliphatic carbocycles. The Morgan fingerprint density at radius 2 is 2.00 bits per heavy atom. The summed E-state index contributed by atoms with van der Waals surface area (Å²) in [7, 11) is 1.90. The third-order valence-corrected chi connectivity index (χ3v) is 3.22. The molecule has 0 aliphatic heterocycles. The average Bonchev–Trinajstić information content (AvgIpc) is 2.53. The fraction of sp³-hybridized carbons (Fsp3) is 0.200. The van der Waals surface area contributed by atoms with Crippen molar-refractivity contribution in [2.75, 3.05) is 11.9 Å². The van der Waals surface area contributed by atoms with Gasteiger partial charge >= 0.3 is 0 Å². The van der Waals surface area contributed by atoms with E-state index in [1.165, 1.54) is 5.56 Å². The highest BCUT2D eigenvalue weighted by Gasteiger charge is 2.13. The largest absolute Gasteiger partial charge is 0.409 e. The molecule has 2 rings (SSSR count). The molecule has 1 heterocycles. The minimum absolute atomic E-state index is 0.0464. The molecule has 0 saturated heterocycles. The van der Waals surface area contributed by atoms with Gasteiger partial charge in [-0.1, -0.05) is 24.2 Å². The lowest BCUT2D eigenvalue weighted by Crippen LogP contribution is -2.20. The minimum atomic E-state index is 0.0464. The minimum Gasteiger partial charge on any atom is -0.409 e. The Labute approximate surface area is 118 Å². The summed E-state index contributed by atoms with van der Waals surface area (Å²) in [5.41, 5.74) is 8.56. The lowest BCUT2D eigenvalue weighted by Gasteiger charge is -2.21. The van der Waals surface area contributed by atoms with E-state index in [0.29, 0.717) is 11.4 Å². The van der Waals surface area contributed by atoms with Crippen LogP contribution in [0.1, 0.15) is 18.1 Å². The third kappa shape index (κ3) is 2.71. The monoisotopic (exact) mass is 270 g/mol. The highest BCUT2D eigenvalue weighted by atomic mass is 16.4. The van der Waals surface area contributed by atoms with Crippen LogP contribution in [0.3, 0.4) is 0 Å². The van der Waals surface area contributed by atoms with Gasteiger partial charge in [-0.05, 0) is 36.2 Å². The zero-order chi connectivity index (χ0) is 14.5. The zero-order valence-electron chi connectivity index (χ0n) is 11.6. The van der Waals surface area contributed by atoms with E-state index in [9.17, 15) is 0 Å². The lowest BCUT2D eigenvalue weighted by molar-refractivity contribution is 0.318. The molecule has 0 unspecified atom stereocenters. The summed E-state index contributed by atoms with van der Waals surface area (Å²) in [4.78, 5) is 6.23. The van der Waals surface area contributed by atoms with Gasteiger partial charge < -0.3 is 15.8 Å². The number of nitrogens with zero attached hydrogens (tertiary/aromatic N) is 3. The van der Waals surface area contributed by atoms with Crippen molar-refractivity contribution in [3.63, 3.8) is 0 Å². The Morgan fingerprint density at radius 1 is 1.30 bits per heavy atom. The second-order valence-corrected chi connectivity index (χ2v) is 4.44. The Hall–Kier alpha value is -2.56. The fourth-order valence-corrected chi connectivity index (χ4v) is 2.00. The van der Waals surface area contributed by atoms with Crippen LogP contribution in [0.15, 0.2) is 47.8 Å². The van der Waals surface area contributed by atoms with Gasteiger partial charge in [0.25, 0.3) is 0 Å². The maximum Gasteiger partial charge on any atom is 0.173 e. The van der Waals surface area contributed by atoms with E-state index < -0.39 is 0 Å². The maximum atomic E-state index is 8.85. The Morgan fingerprint density at radius 3 is 2.60 bits per heavy atom. The molecule has 0 radical (unpaired) electrons. The summed E-state index contributed by atoms with van der Waals surface area (Å²) in [6, 6.07) is 11.8. The van der Waals surface area contributed by atoms with E-state index in [2.05, 4.69) is 29.2 Å². The van der Waals surface area contributed by atoms with Crippen LogP contribution in [0.4, 0.5) is 11.5 Å². The van der Waals surface area contributed by atoms with Crippen molar-refractivity contribution in [1.29, 1.82) is 0 Å². The van der Waals surface area contributed by atoms with Gasteiger partial charge in [-0.3, -0.25) is 0 Å². The second-order valence-electron chi connectivity index (χ2n) is 4.44. The fourth-order valence-electron chi connectivity index (χ4n) is 2.00. The molecule has 104 valence electrons. The number of nitrogens with two attached hydrogens (primary N) is 1. The molecule has 0 atom stereocenters. The highest BCUT2D eigenvalue weighted by molar-refractivity contribution is 6.01. The van der Waals surface area contributed by atoms with Crippen molar-refractivity contribution in [1.82, 2.24) is 4.98 Å². The number of aromatic nitrogens is 1. The third-order valence-electron chi connectivity index (χ3n) is 3.22. The molecule has 0 spiro atoms. The standard InChI is InChI=1S/C15H18N4O/c1-3-11-6-8-12(9-7-11)19(2)15-13(14(16)18-20)5-4-10-17-15/h4-10,20H,3H2,1-2H3,(H2,16,18). The van der Waals surface area contributed by atoms with Crippen LogP contribution in [0.25, 0.3) is 0 Å². The van der Waals surface area contributed by atoms with Gasteiger partial charge in [-0.2, -0.15) is 0 Å². The molecule has 2 aromatic rings. The predicted molar refractivity (Wildman–Crippen MR) is 80.6 cm³/mol. The molecule has 0 amide bonds. The molecule has 5 nitrogen and oxygen atoms in total. The summed E-state index contributed by atoms with van der Waals surface area (Å²) in [6.45, 7) is 2.12. The Bertz CT molecular complexity index is 608. The van der Waals surface area contributed by atoms with Crippen molar-refractivity contribution in [2.24, 2.45) is 10.9 Å². The molecule has 1 aromatic heterocycles. The van der Waals surface area contributed by atoms with Crippen LogP contribution >= 0.6 is 0 Å². The predicted octanol–water partition coefficient (Wildman–Crippen LogP) is 2.51. The van der Waals surface area contributed by atoms with Crippen molar-refractivity contribution in [2.45, 2.75) is 13.3 Å². The number of hydrogen-bond acceptors (Lipinski definition) is 4. The Balaban J connectivity index is 2.39. The zero-order valence-corrected chi connectivity index (χ0v) is 11.6. The second kappa shape index (κ2) is 6.06. The van der Waals surface area contributed by atoms with Crippen LogP contribution in [0.2, 0.25) is 0 Å². The molecule has 3 N–H and O–H groups in total. The Kier molecular flexibility index (Phi) is 4.20. The van der Waals surface area contributed by atoms with E-state index in [1.807, 2.05) is 24.1 Å². The van der Waals surface area contributed by atoms with Crippen LogP contribution in [-0.4, -0.2) is 23.1 Å². The number of oxime groups is 1. The topological polar surface area (TPSA) is 74.7 Å². The summed E-state index contributed by atoms with van der Waals surface area (Å²) >= 11 is 0. The van der Waals surface area contributed by atoms with E-state index >= 15 is 0 Å². The first-order valence-electron chi connectivity index (χ1n) is 6.43. The van der Waals surface area contributed by atoms with Crippen LogP contribution < -0.4 is 10.6 Å². The van der Waals surface area contributed by atoms with Gasteiger partial charge in [0.15, 0.2) is 5.84 Å². The summed E-state index contributed by atoms with van der Waals surface area (Å²) < 4.78 is 0. The number of amidine groups is 1. The molecule has 20 heavy (non-hydrogen) atoms. The number of hydrogen-bond donors (Lipinski definition) is 2. The number of anilines is 2. The van der Waals surface area contributed by atoms with Crippen molar-refractivity contribution >= 4 is 17.3 Å². The quantitative estimate of drug-likeness (QED) is 0.387. The van der Waals surface area contributed by atoms with Gasteiger partial charge in [-0.25, -0.2) is 4.98 Å². The summed E-state index contributed by atoms with van der Waals surface area (Å²) in [6.07, 6.45) is 2.68. The van der Waals surface area contributed by atoms with Crippen molar-refractivity contribution < 1.29 is 5.21 Å². The van der Waals surface area contributed by atoms with Gasteiger partial charge in [0, 0.05) is 18.9 Å². The number of rotatable bonds is 4. The summed E-state index contributed by atoms with van der Waals surface area (Å²) in [5.74, 6) is 0.692. The molecular weight excluding hydrogens is 252 g/mol. The van der Waals surface area contributed by atoms with Crippen molar-refractivity contribution in [3.05, 3.63) is 53.7 Å². The molecule has 5 heteroatoms. The number of benzene rings is 1. The first-order chi connectivity index (χ1) is 9.67. The highest BCUT2D eigenvalue weighted by Crippen LogP contribution is 2.25. The SMILES string of the molecule is CCc1ccc(N(C)c2ncccc2C(N)=NO)cc1. The van der Waals surface area contributed by atoms with Gasteiger partial charge in [0.1, 0.15) is 5.82 Å². The molecule has 0 saturated carbocycles. The van der Waals surface area contributed by atoms with Crippen LogP contribution in [0, 0.1) is 0 Å². The van der Waals surface area contributed by atoms with E-state index in [4.69, 9.17) is 10.9 Å². The molecule has 0 fully saturated rings. The molecule has 0 aliphatic rings. The first kappa shape index (κ1) is 13.9. The lowest BCUT2D eigenvalue weighted by atomic mass is 10.1.